The first-order valence-corrected chi connectivity index (χ1v) is 7.49. The Hall–Kier alpha value is -2.52. The molecular formula is C14H11BrN4O3S. The number of hydrogen-bond acceptors (Lipinski definition) is 5. The number of rotatable bonds is 4. The Labute approximate surface area is 145 Å². The van der Waals surface area contributed by atoms with E-state index in [0.29, 0.717) is 4.47 Å². The predicted octanol–water partition coefficient (Wildman–Crippen LogP) is 3.38. The molecule has 2 rings (SSSR count). The van der Waals surface area contributed by atoms with E-state index in [-0.39, 0.29) is 10.7 Å². The maximum absolute atomic E-state index is 10.8. The van der Waals surface area contributed by atoms with Crippen LogP contribution >= 0.6 is 28.1 Å². The molecule has 0 spiro atoms. The summed E-state index contributed by atoms with van der Waals surface area (Å²) >= 11 is 8.21. The lowest BCUT2D eigenvalue weighted by atomic mass is 10.2. The van der Waals surface area contributed by atoms with E-state index in [2.05, 4.69) is 31.8 Å². The van der Waals surface area contributed by atoms with Gasteiger partial charge in [0, 0.05) is 21.8 Å². The molecule has 0 radical (unpaired) electrons. The number of nitrogens with one attached hydrogen (secondary N) is 2. The molecule has 0 heterocycles. The van der Waals surface area contributed by atoms with Crippen molar-refractivity contribution in [2.75, 3.05) is 5.32 Å². The normalized spacial score (nSPS) is 10.5. The van der Waals surface area contributed by atoms with E-state index < -0.39 is 16.4 Å². The van der Waals surface area contributed by atoms with Crippen molar-refractivity contribution in [3.05, 3.63) is 62.6 Å². The average molecular weight is 395 g/mol. The van der Waals surface area contributed by atoms with E-state index >= 15 is 0 Å². The minimum absolute atomic E-state index is 0.182. The number of aromatic hydroxyl groups is 1. The van der Waals surface area contributed by atoms with Gasteiger partial charge in [-0.25, -0.2) is 0 Å². The number of thiocarbonyl (C=S) groups is 1. The van der Waals surface area contributed by atoms with Crippen LogP contribution in [-0.2, 0) is 0 Å². The smallest absolute Gasteiger partial charge is 0.312 e. The van der Waals surface area contributed by atoms with Crippen LogP contribution < -0.4 is 10.7 Å². The molecule has 7 nitrogen and oxygen atoms in total. The molecule has 9 heteroatoms. The molecule has 0 atom stereocenters. The number of para-hydroxylation sites is 1. The Balaban J connectivity index is 2.06. The Kier molecular flexibility index (Phi) is 5.61. The minimum atomic E-state index is -0.674. The molecule has 0 aliphatic rings. The summed E-state index contributed by atoms with van der Waals surface area (Å²) in [5.74, 6) is -0.467. The molecule has 3 N–H and O–H groups in total. The first kappa shape index (κ1) is 16.8. The highest BCUT2D eigenvalue weighted by atomic mass is 79.9. The van der Waals surface area contributed by atoms with E-state index in [0.717, 1.165) is 5.69 Å². The number of nitro benzene ring substituents is 1. The molecule has 23 heavy (non-hydrogen) atoms. The molecule has 118 valence electrons. The van der Waals surface area contributed by atoms with Crippen LogP contribution in [0.15, 0.2) is 52.0 Å². The Morgan fingerprint density at radius 3 is 2.70 bits per heavy atom. The maximum Gasteiger partial charge on any atom is 0.312 e. The number of hydrazone groups is 1. The number of halogens is 1. The van der Waals surface area contributed by atoms with E-state index in [4.69, 9.17) is 12.2 Å². The van der Waals surface area contributed by atoms with Gasteiger partial charge < -0.3 is 10.4 Å². The van der Waals surface area contributed by atoms with Crippen molar-refractivity contribution in [3.8, 4) is 5.75 Å². The molecule has 0 aliphatic heterocycles. The fourth-order valence-corrected chi connectivity index (χ4v) is 2.32. The van der Waals surface area contributed by atoms with Gasteiger partial charge in [0.05, 0.1) is 11.1 Å². The molecule has 0 saturated carbocycles. The summed E-state index contributed by atoms with van der Waals surface area (Å²) in [6.07, 6.45) is 1.24. The van der Waals surface area contributed by atoms with Gasteiger partial charge in [-0.1, -0.05) is 34.1 Å². The number of anilines is 1. The third-order valence-electron chi connectivity index (χ3n) is 2.68. The van der Waals surface area contributed by atoms with Crippen LogP contribution in [0.5, 0.6) is 5.75 Å². The van der Waals surface area contributed by atoms with E-state index in [1.54, 1.807) is 0 Å². The van der Waals surface area contributed by atoms with E-state index in [1.807, 2.05) is 30.3 Å². The summed E-state index contributed by atoms with van der Waals surface area (Å²) in [5.41, 5.74) is 3.13. The van der Waals surface area contributed by atoms with Gasteiger partial charge in [-0.15, -0.1) is 0 Å². The van der Waals surface area contributed by atoms with Crippen LogP contribution in [0.3, 0.4) is 0 Å². The zero-order chi connectivity index (χ0) is 16.8. The van der Waals surface area contributed by atoms with Gasteiger partial charge in [0.25, 0.3) is 0 Å². The summed E-state index contributed by atoms with van der Waals surface area (Å²) in [4.78, 5) is 10.2. The van der Waals surface area contributed by atoms with Crippen LogP contribution in [-0.4, -0.2) is 21.4 Å². The summed E-state index contributed by atoms with van der Waals surface area (Å²) in [6, 6.07) is 12.0. The van der Waals surface area contributed by atoms with Crippen LogP contribution in [0, 0.1) is 10.1 Å². The number of phenolic OH excluding ortho intramolecular Hbond substituents is 1. The molecular weight excluding hydrogens is 384 g/mol. The lowest BCUT2D eigenvalue weighted by molar-refractivity contribution is -0.385. The van der Waals surface area contributed by atoms with Crippen molar-refractivity contribution in [2.45, 2.75) is 0 Å². The van der Waals surface area contributed by atoms with Gasteiger partial charge in [-0.05, 0) is 30.4 Å². The zero-order valence-corrected chi connectivity index (χ0v) is 14.0. The summed E-state index contributed by atoms with van der Waals surface area (Å²) in [7, 11) is 0. The van der Waals surface area contributed by atoms with Crippen LogP contribution in [0.4, 0.5) is 11.4 Å². The molecule has 0 aromatic heterocycles. The van der Waals surface area contributed by atoms with Gasteiger partial charge in [0.15, 0.2) is 5.11 Å². The number of hydrogen-bond donors (Lipinski definition) is 3. The topological polar surface area (TPSA) is 99.8 Å². The molecule has 0 amide bonds. The second kappa shape index (κ2) is 7.65. The lowest BCUT2D eigenvalue weighted by Crippen LogP contribution is -2.23. The predicted molar refractivity (Wildman–Crippen MR) is 95.9 cm³/mol. The van der Waals surface area contributed by atoms with Gasteiger partial charge in [-0.3, -0.25) is 15.5 Å². The second-order valence-corrected chi connectivity index (χ2v) is 5.63. The quantitative estimate of drug-likeness (QED) is 0.318. The number of nitro groups is 1. The maximum atomic E-state index is 10.8. The van der Waals surface area contributed by atoms with Gasteiger partial charge in [0.2, 0.25) is 5.75 Å². The third kappa shape index (κ3) is 4.73. The average Bonchev–Trinajstić information content (AvgIpc) is 2.51. The van der Waals surface area contributed by atoms with Gasteiger partial charge >= 0.3 is 5.69 Å². The van der Waals surface area contributed by atoms with Crippen LogP contribution in [0.2, 0.25) is 0 Å². The highest BCUT2D eigenvalue weighted by Gasteiger charge is 2.17. The van der Waals surface area contributed by atoms with E-state index in [9.17, 15) is 15.2 Å². The first-order valence-electron chi connectivity index (χ1n) is 6.29. The van der Waals surface area contributed by atoms with Gasteiger partial charge in [-0.2, -0.15) is 5.10 Å². The standard InChI is InChI=1S/C14H11BrN4O3S/c15-10-6-9(13(20)12(7-10)19(21)22)8-16-18-14(23)17-11-4-2-1-3-5-11/h1-8,20H,(H2,17,18,23)/b16-8+. The lowest BCUT2D eigenvalue weighted by Gasteiger charge is -2.06. The van der Waals surface area contributed by atoms with Crippen LogP contribution in [0.1, 0.15) is 5.56 Å². The molecule has 0 saturated heterocycles. The molecule has 2 aromatic carbocycles. The number of nitrogens with zero attached hydrogens (tertiary/aromatic N) is 2. The Morgan fingerprint density at radius 2 is 2.04 bits per heavy atom. The van der Waals surface area contributed by atoms with Crippen molar-refractivity contribution in [2.24, 2.45) is 5.10 Å². The number of benzene rings is 2. The third-order valence-corrected chi connectivity index (χ3v) is 3.33. The fourth-order valence-electron chi connectivity index (χ4n) is 1.68. The molecule has 0 unspecified atom stereocenters. The van der Waals surface area contributed by atoms with Crippen molar-refractivity contribution in [1.29, 1.82) is 0 Å². The van der Waals surface area contributed by atoms with Gasteiger partial charge in [0.1, 0.15) is 0 Å². The largest absolute Gasteiger partial charge is 0.502 e. The monoisotopic (exact) mass is 394 g/mol. The van der Waals surface area contributed by atoms with Crippen molar-refractivity contribution < 1.29 is 10.0 Å². The molecule has 2 aromatic rings. The summed E-state index contributed by atoms with van der Waals surface area (Å²) < 4.78 is 0.452. The zero-order valence-electron chi connectivity index (χ0n) is 11.6. The Morgan fingerprint density at radius 1 is 1.35 bits per heavy atom. The fraction of sp³-hybridized carbons (Fsp3) is 0. The van der Waals surface area contributed by atoms with Crippen LogP contribution in [0.25, 0.3) is 0 Å². The Bertz CT molecular complexity index is 768. The highest BCUT2D eigenvalue weighted by Crippen LogP contribution is 2.32. The minimum Gasteiger partial charge on any atom is -0.502 e. The highest BCUT2D eigenvalue weighted by molar-refractivity contribution is 9.10. The van der Waals surface area contributed by atoms with Crippen molar-refractivity contribution >= 4 is 50.8 Å². The first-order chi connectivity index (χ1) is 11.0. The second-order valence-electron chi connectivity index (χ2n) is 4.31. The van der Waals surface area contributed by atoms with Crippen molar-refractivity contribution in [1.82, 2.24) is 5.43 Å². The molecule has 0 aliphatic carbocycles. The number of phenols is 1. The summed E-state index contributed by atoms with van der Waals surface area (Å²) in [5, 5.41) is 27.7. The SMILES string of the molecule is O=[N+]([O-])c1cc(Br)cc(/C=N/NC(=S)Nc2ccccc2)c1O. The molecule has 0 fully saturated rings. The van der Waals surface area contributed by atoms with Crippen molar-refractivity contribution in [3.63, 3.8) is 0 Å². The van der Waals surface area contributed by atoms with E-state index in [1.165, 1.54) is 18.3 Å². The molecule has 0 bridgehead atoms. The summed E-state index contributed by atoms with van der Waals surface area (Å²) in [6.45, 7) is 0.